The van der Waals surface area contributed by atoms with Crippen molar-refractivity contribution in [2.45, 2.75) is 35.8 Å². The van der Waals surface area contributed by atoms with E-state index in [1.807, 2.05) is 0 Å². The van der Waals surface area contributed by atoms with E-state index in [9.17, 15) is 0 Å². The molecular weight excluding hydrogens is 304 g/mol. The molecule has 0 nitrogen and oxygen atoms in total. The van der Waals surface area contributed by atoms with Crippen LogP contribution in [0.1, 0.15) is 25.3 Å². The zero-order chi connectivity index (χ0) is 10.4. The average molecular weight is 320 g/mol. The third-order valence-electron chi connectivity index (χ3n) is 2.18. The van der Waals surface area contributed by atoms with Crippen molar-refractivity contribution in [3.05, 3.63) is 35.9 Å². The molecule has 0 saturated carbocycles. The number of alkyl halides is 2. The van der Waals surface area contributed by atoms with Gasteiger partial charge < -0.3 is 0 Å². The van der Waals surface area contributed by atoms with Gasteiger partial charge in [-0.3, -0.25) is 0 Å². The van der Waals surface area contributed by atoms with Crippen LogP contribution in [0.15, 0.2) is 30.3 Å². The lowest BCUT2D eigenvalue weighted by atomic mass is 10.1. The van der Waals surface area contributed by atoms with Crippen molar-refractivity contribution >= 4 is 31.9 Å². The Kier molecular flexibility index (Phi) is 5.80. The average Bonchev–Trinajstić information content (AvgIpc) is 2.16. The summed E-state index contributed by atoms with van der Waals surface area (Å²) in [5.41, 5.74) is 1.41. The van der Waals surface area contributed by atoms with E-state index >= 15 is 0 Å². The molecule has 2 atom stereocenters. The van der Waals surface area contributed by atoms with E-state index in [0.717, 1.165) is 6.42 Å². The molecule has 0 spiro atoms. The Morgan fingerprint density at radius 2 is 1.71 bits per heavy atom. The smallest absolute Gasteiger partial charge is 0.0186 e. The van der Waals surface area contributed by atoms with Gasteiger partial charge in [-0.15, -0.1) is 0 Å². The van der Waals surface area contributed by atoms with Crippen molar-refractivity contribution in [1.29, 1.82) is 0 Å². The highest BCUT2D eigenvalue weighted by Crippen LogP contribution is 2.18. The van der Waals surface area contributed by atoms with Crippen molar-refractivity contribution in [3.8, 4) is 0 Å². The summed E-state index contributed by atoms with van der Waals surface area (Å²) in [7, 11) is 0. The Morgan fingerprint density at radius 3 is 2.29 bits per heavy atom. The number of hydrogen-bond acceptors (Lipinski definition) is 0. The molecule has 0 aromatic heterocycles. The summed E-state index contributed by atoms with van der Waals surface area (Å²) >= 11 is 7.29. The van der Waals surface area contributed by atoms with Gasteiger partial charge in [-0.1, -0.05) is 69.1 Å². The molecule has 0 radical (unpaired) electrons. The van der Waals surface area contributed by atoms with E-state index in [1.165, 1.54) is 18.4 Å². The summed E-state index contributed by atoms with van der Waals surface area (Å²) in [4.78, 5) is 1.23. The van der Waals surface area contributed by atoms with Gasteiger partial charge in [-0.2, -0.15) is 0 Å². The highest BCUT2D eigenvalue weighted by molar-refractivity contribution is 9.09. The lowest BCUT2D eigenvalue weighted by Gasteiger charge is -2.10. The molecule has 0 heterocycles. The monoisotopic (exact) mass is 318 g/mol. The molecule has 0 amide bonds. The van der Waals surface area contributed by atoms with Gasteiger partial charge in [0.1, 0.15) is 0 Å². The van der Waals surface area contributed by atoms with Crippen LogP contribution in [0, 0.1) is 0 Å². The number of rotatable bonds is 5. The minimum atomic E-state index is 0.602. The van der Waals surface area contributed by atoms with E-state index in [2.05, 4.69) is 69.1 Å². The second-order valence-corrected chi connectivity index (χ2v) is 6.50. The van der Waals surface area contributed by atoms with E-state index in [4.69, 9.17) is 0 Å². The molecule has 14 heavy (non-hydrogen) atoms. The van der Waals surface area contributed by atoms with Crippen LogP contribution in [0.2, 0.25) is 0 Å². The summed E-state index contributed by atoms with van der Waals surface area (Å²) in [6.45, 7) is 2.20. The maximum Gasteiger partial charge on any atom is 0.0186 e. The fraction of sp³-hybridized carbons (Fsp3) is 0.500. The van der Waals surface area contributed by atoms with E-state index in [-0.39, 0.29) is 0 Å². The molecule has 1 aromatic rings. The Labute approximate surface area is 103 Å². The van der Waals surface area contributed by atoms with Crippen molar-refractivity contribution in [2.24, 2.45) is 0 Å². The van der Waals surface area contributed by atoms with E-state index < -0.39 is 0 Å². The fourth-order valence-corrected chi connectivity index (χ4v) is 2.28. The maximum absolute atomic E-state index is 3.72. The summed E-state index contributed by atoms with van der Waals surface area (Å²) < 4.78 is 0. The number of halogens is 2. The first-order valence-electron chi connectivity index (χ1n) is 5.00. The Balaban J connectivity index is 2.30. The van der Waals surface area contributed by atoms with Gasteiger partial charge in [0, 0.05) is 9.65 Å². The van der Waals surface area contributed by atoms with Crippen molar-refractivity contribution < 1.29 is 0 Å². The molecule has 2 heteroatoms. The highest BCUT2D eigenvalue weighted by atomic mass is 79.9. The molecule has 0 fully saturated rings. The topological polar surface area (TPSA) is 0 Å². The molecule has 0 saturated heterocycles. The third-order valence-corrected chi connectivity index (χ3v) is 3.42. The third kappa shape index (κ3) is 5.16. The minimum Gasteiger partial charge on any atom is -0.0894 e. The standard InChI is InChI=1S/C12H16Br2/c1-10(13)7-8-12(14)9-11-5-3-2-4-6-11/h2-6,10,12H,7-9H2,1H3. The van der Waals surface area contributed by atoms with Gasteiger partial charge in [-0.05, 0) is 24.8 Å². The quantitative estimate of drug-likeness (QED) is 0.698. The predicted molar refractivity (Wildman–Crippen MR) is 70.5 cm³/mol. The Bertz CT molecular complexity index is 244. The Hall–Kier alpha value is 0.180. The Morgan fingerprint density at radius 1 is 1.07 bits per heavy atom. The maximum atomic E-state index is 3.72. The number of benzene rings is 1. The van der Waals surface area contributed by atoms with Crippen LogP contribution in [-0.4, -0.2) is 9.65 Å². The summed E-state index contributed by atoms with van der Waals surface area (Å²) in [5.74, 6) is 0. The zero-order valence-electron chi connectivity index (χ0n) is 8.42. The van der Waals surface area contributed by atoms with Crippen LogP contribution in [0.5, 0.6) is 0 Å². The van der Waals surface area contributed by atoms with Crippen LogP contribution in [0.25, 0.3) is 0 Å². The first-order chi connectivity index (χ1) is 6.68. The predicted octanol–water partition coefficient (Wildman–Crippen LogP) is 4.56. The molecule has 1 rings (SSSR count). The molecule has 0 bridgehead atoms. The van der Waals surface area contributed by atoms with Gasteiger partial charge in [0.25, 0.3) is 0 Å². The summed E-state index contributed by atoms with van der Waals surface area (Å²) in [6.07, 6.45) is 3.57. The van der Waals surface area contributed by atoms with Crippen LogP contribution >= 0.6 is 31.9 Å². The minimum absolute atomic E-state index is 0.602. The molecular formula is C12H16Br2. The largest absolute Gasteiger partial charge is 0.0894 e. The summed E-state index contributed by atoms with van der Waals surface area (Å²) in [5, 5.41) is 0. The fourth-order valence-electron chi connectivity index (χ4n) is 1.38. The second kappa shape index (κ2) is 6.62. The summed E-state index contributed by atoms with van der Waals surface area (Å²) in [6, 6.07) is 10.6. The van der Waals surface area contributed by atoms with Gasteiger partial charge >= 0.3 is 0 Å². The normalized spacial score (nSPS) is 15.1. The molecule has 1 aromatic carbocycles. The van der Waals surface area contributed by atoms with Crippen LogP contribution in [-0.2, 0) is 6.42 Å². The van der Waals surface area contributed by atoms with Gasteiger partial charge in [0.05, 0.1) is 0 Å². The van der Waals surface area contributed by atoms with Crippen molar-refractivity contribution in [2.75, 3.05) is 0 Å². The number of hydrogen-bond donors (Lipinski definition) is 0. The SMILES string of the molecule is CC(Br)CCC(Br)Cc1ccccc1. The molecule has 78 valence electrons. The zero-order valence-corrected chi connectivity index (χ0v) is 11.6. The highest BCUT2D eigenvalue weighted by Gasteiger charge is 2.06. The molecule has 0 N–H and O–H groups in total. The first kappa shape index (κ1) is 12.3. The van der Waals surface area contributed by atoms with E-state index in [0.29, 0.717) is 9.65 Å². The van der Waals surface area contributed by atoms with E-state index in [1.54, 1.807) is 0 Å². The lowest BCUT2D eigenvalue weighted by Crippen LogP contribution is -2.05. The molecule has 0 aliphatic rings. The van der Waals surface area contributed by atoms with Crippen LogP contribution in [0.4, 0.5) is 0 Å². The molecule has 2 unspecified atom stereocenters. The second-order valence-electron chi connectivity index (χ2n) is 3.65. The lowest BCUT2D eigenvalue weighted by molar-refractivity contribution is 0.702. The van der Waals surface area contributed by atoms with Crippen LogP contribution in [0.3, 0.4) is 0 Å². The van der Waals surface area contributed by atoms with Crippen molar-refractivity contribution in [1.82, 2.24) is 0 Å². The van der Waals surface area contributed by atoms with Crippen LogP contribution < -0.4 is 0 Å². The van der Waals surface area contributed by atoms with Crippen molar-refractivity contribution in [3.63, 3.8) is 0 Å². The van der Waals surface area contributed by atoms with Gasteiger partial charge in [0.2, 0.25) is 0 Å². The first-order valence-corrected chi connectivity index (χ1v) is 6.83. The molecule has 0 aliphatic carbocycles. The molecule has 0 aliphatic heterocycles. The van der Waals surface area contributed by atoms with Gasteiger partial charge in [-0.25, -0.2) is 0 Å². The van der Waals surface area contributed by atoms with Gasteiger partial charge in [0.15, 0.2) is 0 Å².